The Morgan fingerprint density at radius 2 is 2.15 bits per heavy atom. The number of carbonyl (C=O) groups excluding carboxylic acids is 4. The van der Waals surface area contributed by atoms with Crippen LogP contribution in [0.4, 0.5) is 0 Å². The van der Waals surface area contributed by atoms with Gasteiger partial charge in [-0.15, -0.1) is 0 Å². The first-order chi connectivity index (χ1) is 12.5. The van der Waals surface area contributed by atoms with Crippen molar-refractivity contribution in [3.05, 3.63) is 21.9 Å². The molecule has 1 atom stereocenters. The molecule has 3 rings (SSSR count). The van der Waals surface area contributed by atoms with Crippen molar-refractivity contribution in [2.75, 3.05) is 13.1 Å². The Bertz CT molecular complexity index is 732. The number of amides is 3. The third-order valence-electron chi connectivity index (χ3n) is 4.53. The Morgan fingerprint density at radius 1 is 1.35 bits per heavy atom. The van der Waals surface area contributed by atoms with Crippen molar-refractivity contribution in [1.29, 1.82) is 0 Å². The van der Waals surface area contributed by atoms with Gasteiger partial charge in [0.2, 0.25) is 5.91 Å². The van der Waals surface area contributed by atoms with E-state index in [0.29, 0.717) is 31.5 Å². The fraction of sp³-hybridized carbons (Fsp3) is 0.529. The van der Waals surface area contributed by atoms with Gasteiger partial charge in [-0.2, -0.15) is 16.8 Å². The van der Waals surface area contributed by atoms with Crippen LogP contribution in [0, 0.1) is 0 Å². The largest absolute Gasteiger partial charge is 0.371 e. The number of nitrogens with one attached hydrogen (secondary N) is 1. The van der Waals surface area contributed by atoms with Crippen molar-refractivity contribution in [2.24, 2.45) is 0 Å². The molecule has 0 aliphatic carbocycles. The standard InChI is InChI=1S/C17H21N3O5S/c1-2-18-25-15(22)4-3-7-19-14(21)6-5-13(17(19)24)20-8-11-9-26-10-12(11)16(20)23/h9-10,13,18H,2-8H2,1H3. The number of hydroxylamine groups is 1. The first-order valence-electron chi connectivity index (χ1n) is 8.65. The molecule has 1 aromatic rings. The second kappa shape index (κ2) is 7.96. The first-order valence-corrected chi connectivity index (χ1v) is 9.60. The van der Waals surface area contributed by atoms with Crippen LogP contribution < -0.4 is 5.48 Å². The zero-order valence-electron chi connectivity index (χ0n) is 14.5. The molecule has 3 heterocycles. The minimum atomic E-state index is -0.619. The fourth-order valence-electron chi connectivity index (χ4n) is 3.23. The third-order valence-corrected chi connectivity index (χ3v) is 5.32. The average Bonchev–Trinajstić information content (AvgIpc) is 3.19. The highest BCUT2D eigenvalue weighted by Crippen LogP contribution is 2.31. The van der Waals surface area contributed by atoms with Crippen LogP contribution in [0.5, 0.6) is 0 Å². The number of fused-ring (bicyclic) bond motifs is 1. The molecular formula is C17H21N3O5S. The Balaban J connectivity index is 1.58. The van der Waals surface area contributed by atoms with Gasteiger partial charge in [0.1, 0.15) is 6.04 Å². The molecule has 9 heteroatoms. The molecule has 0 spiro atoms. The van der Waals surface area contributed by atoms with E-state index in [4.69, 9.17) is 4.84 Å². The normalized spacial score (nSPS) is 19.9. The predicted molar refractivity (Wildman–Crippen MR) is 92.9 cm³/mol. The molecule has 1 unspecified atom stereocenters. The number of likely N-dealkylation sites (tertiary alicyclic amines) is 1. The van der Waals surface area contributed by atoms with Crippen LogP contribution in [0.3, 0.4) is 0 Å². The summed E-state index contributed by atoms with van der Waals surface area (Å²) in [5.74, 6) is -1.20. The highest BCUT2D eigenvalue weighted by Gasteiger charge is 2.42. The lowest BCUT2D eigenvalue weighted by Gasteiger charge is -2.35. The Morgan fingerprint density at radius 3 is 2.88 bits per heavy atom. The molecular weight excluding hydrogens is 358 g/mol. The number of carbonyl (C=O) groups is 4. The van der Waals surface area contributed by atoms with E-state index in [1.165, 1.54) is 16.2 Å². The topological polar surface area (TPSA) is 96.0 Å². The minimum Gasteiger partial charge on any atom is -0.371 e. The monoisotopic (exact) mass is 379 g/mol. The van der Waals surface area contributed by atoms with Crippen molar-refractivity contribution in [2.45, 2.75) is 45.2 Å². The fourth-order valence-corrected chi connectivity index (χ4v) is 4.05. The van der Waals surface area contributed by atoms with Crippen LogP contribution in [-0.4, -0.2) is 52.6 Å². The Labute approximate surface area is 155 Å². The van der Waals surface area contributed by atoms with Gasteiger partial charge >= 0.3 is 5.97 Å². The van der Waals surface area contributed by atoms with E-state index in [1.807, 2.05) is 5.38 Å². The quantitative estimate of drug-likeness (QED) is 0.562. The average molecular weight is 379 g/mol. The lowest BCUT2D eigenvalue weighted by atomic mass is 10.0. The lowest BCUT2D eigenvalue weighted by Crippen LogP contribution is -2.54. The molecule has 0 aromatic carbocycles. The van der Waals surface area contributed by atoms with Crippen LogP contribution >= 0.6 is 11.3 Å². The summed E-state index contributed by atoms with van der Waals surface area (Å²) in [5, 5.41) is 3.71. The van der Waals surface area contributed by atoms with Crippen molar-refractivity contribution in [3.63, 3.8) is 0 Å². The van der Waals surface area contributed by atoms with Crippen molar-refractivity contribution < 1.29 is 24.0 Å². The maximum absolute atomic E-state index is 12.8. The Hall–Kier alpha value is -2.26. The van der Waals surface area contributed by atoms with Crippen LogP contribution in [0.15, 0.2) is 10.8 Å². The first kappa shape index (κ1) is 18.5. The van der Waals surface area contributed by atoms with Crippen molar-refractivity contribution in [1.82, 2.24) is 15.3 Å². The number of imide groups is 1. The van der Waals surface area contributed by atoms with Crippen LogP contribution in [-0.2, 0) is 25.8 Å². The van der Waals surface area contributed by atoms with E-state index in [-0.39, 0.29) is 37.1 Å². The highest BCUT2D eigenvalue weighted by molar-refractivity contribution is 7.08. The van der Waals surface area contributed by atoms with E-state index < -0.39 is 12.0 Å². The second-order valence-electron chi connectivity index (χ2n) is 6.26. The summed E-state index contributed by atoms with van der Waals surface area (Å²) in [4.78, 5) is 56.4. The molecule has 1 saturated heterocycles. The van der Waals surface area contributed by atoms with E-state index in [1.54, 1.807) is 17.2 Å². The van der Waals surface area contributed by atoms with Crippen LogP contribution in [0.25, 0.3) is 0 Å². The zero-order chi connectivity index (χ0) is 18.7. The van der Waals surface area contributed by atoms with Gasteiger partial charge < -0.3 is 9.74 Å². The van der Waals surface area contributed by atoms with Gasteiger partial charge in [0.25, 0.3) is 11.8 Å². The molecule has 0 saturated carbocycles. The number of nitrogens with zero attached hydrogens (tertiary/aromatic N) is 2. The van der Waals surface area contributed by atoms with Gasteiger partial charge in [-0.3, -0.25) is 24.1 Å². The number of rotatable bonds is 7. The van der Waals surface area contributed by atoms with E-state index >= 15 is 0 Å². The van der Waals surface area contributed by atoms with Crippen LogP contribution in [0.1, 0.15) is 48.5 Å². The molecule has 1 aromatic heterocycles. The Kier molecular flexibility index (Phi) is 5.67. The molecule has 3 amide bonds. The van der Waals surface area contributed by atoms with Gasteiger partial charge in [0.15, 0.2) is 0 Å². The van der Waals surface area contributed by atoms with Gasteiger partial charge in [0, 0.05) is 37.9 Å². The molecule has 1 fully saturated rings. The van der Waals surface area contributed by atoms with Crippen LogP contribution in [0.2, 0.25) is 0 Å². The molecule has 2 aliphatic heterocycles. The summed E-state index contributed by atoms with van der Waals surface area (Å²) in [7, 11) is 0. The number of hydrogen-bond donors (Lipinski definition) is 1. The molecule has 8 nitrogen and oxygen atoms in total. The molecule has 140 valence electrons. The molecule has 1 N–H and O–H groups in total. The van der Waals surface area contributed by atoms with Gasteiger partial charge in [-0.05, 0) is 30.7 Å². The summed E-state index contributed by atoms with van der Waals surface area (Å²) < 4.78 is 0. The van der Waals surface area contributed by atoms with Gasteiger partial charge in [-0.25, -0.2) is 0 Å². The van der Waals surface area contributed by atoms with E-state index in [9.17, 15) is 19.2 Å². The maximum atomic E-state index is 12.8. The van der Waals surface area contributed by atoms with E-state index in [0.717, 1.165) is 5.56 Å². The van der Waals surface area contributed by atoms with Gasteiger partial charge in [-0.1, -0.05) is 0 Å². The van der Waals surface area contributed by atoms with Gasteiger partial charge in [0.05, 0.1) is 5.56 Å². The van der Waals surface area contributed by atoms with Crippen molar-refractivity contribution in [3.8, 4) is 0 Å². The number of hydrogen-bond acceptors (Lipinski definition) is 7. The lowest BCUT2D eigenvalue weighted by molar-refractivity contribution is -0.155. The highest BCUT2D eigenvalue weighted by atomic mass is 32.1. The third kappa shape index (κ3) is 3.63. The van der Waals surface area contributed by atoms with E-state index in [2.05, 4.69) is 5.48 Å². The maximum Gasteiger partial charge on any atom is 0.324 e. The molecule has 0 radical (unpaired) electrons. The zero-order valence-corrected chi connectivity index (χ0v) is 15.3. The summed E-state index contributed by atoms with van der Waals surface area (Å²) in [6.45, 7) is 2.87. The van der Waals surface area contributed by atoms with Crippen molar-refractivity contribution >= 4 is 35.0 Å². The SMILES string of the molecule is CCNOC(=O)CCCN1C(=O)CCC(N2Cc3cscc3C2=O)C1=O. The summed E-state index contributed by atoms with van der Waals surface area (Å²) >= 11 is 1.47. The number of thiophene rings is 1. The number of piperidine rings is 1. The smallest absolute Gasteiger partial charge is 0.324 e. The predicted octanol–water partition coefficient (Wildman–Crippen LogP) is 1.07. The molecule has 0 bridgehead atoms. The second-order valence-corrected chi connectivity index (χ2v) is 7.00. The minimum absolute atomic E-state index is 0.106. The summed E-state index contributed by atoms with van der Waals surface area (Å²) in [5.41, 5.74) is 4.05. The molecule has 26 heavy (non-hydrogen) atoms. The summed E-state index contributed by atoms with van der Waals surface area (Å²) in [6.07, 6.45) is 0.995. The molecule has 2 aliphatic rings. The summed E-state index contributed by atoms with van der Waals surface area (Å²) in [6, 6.07) is -0.619.